The van der Waals surface area contributed by atoms with E-state index in [2.05, 4.69) is 0 Å². The van der Waals surface area contributed by atoms with E-state index >= 15 is 0 Å². The number of benzene rings is 2. The first kappa shape index (κ1) is 20.3. The van der Waals surface area contributed by atoms with Crippen molar-refractivity contribution in [1.29, 1.82) is 0 Å². The summed E-state index contributed by atoms with van der Waals surface area (Å²) in [5.41, 5.74) is 2.05. The number of phenols is 1. The summed E-state index contributed by atoms with van der Waals surface area (Å²) in [7, 11) is 0. The first-order chi connectivity index (χ1) is 12.9. The summed E-state index contributed by atoms with van der Waals surface area (Å²) >= 11 is 0. The van der Waals surface area contributed by atoms with E-state index in [1.165, 1.54) is 12.1 Å². The van der Waals surface area contributed by atoms with Crippen molar-refractivity contribution in [2.24, 2.45) is 0 Å². The fraction of sp³-hybridized carbons (Fsp3) is 0.435. The highest BCUT2D eigenvalue weighted by Gasteiger charge is 2.30. The number of aryl methyl sites for hydroxylation is 1. The Morgan fingerprint density at radius 3 is 2.46 bits per heavy atom. The van der Waals surface area contributed by atoms with Gasteiger partial charge < -0.3 is 9.84 Å². The van der Waals surface area contributed by atoms with Gasteiger partial charge in [0.15, 0.2) is 11.9 Å². The van der Waals surface area contributed by atoms with Crippen LogP contribution in [0.5, 0.6) is 11.5 Å². The van der Waals surface area contributed by atoms with Gasteiger partial charge in [-0.2, -0.15) is 0 Å². The molecule has 0 aliphatic carbocycles. The summed E-state index contributed by atoms with van der Waals surface area (Å²) in [5.74, 6) is -2.55. The Labute approximate surface area is 164 Å². The molecule has 1 aliphatic heterocycles. The number of alkyl halides is 2. The van der Waals surface area contributed by atoms with E-state index in [9.17, 15) is 18.7 Å². The van der Waals surface area contributed by atoms with Gasteiger partial charge in [0.05, 0.1) is 0 Å². The molecule has 0 amide bonds. The fourth-order valence-corrected chi connectivity index (χ4v) is 3.51. The lowest BCUT2D eigenvalue weighted by Crippen LogP contribution is -2.32. The second kappa shape index (κ2) is 7.19. The second-order valence-corrected chi connectivity index (χ2v) is 8.60. The van der Waals surface area contributed by atoms with Gasteiger partial charge in [-0.1, -0.05) is 45.0 Å². The Kier molecular flexibility index (Phi) is 5.22. The summed E-state index contributed by atoms with van der Waals surface area (Å²) in [6.45, 7) is 6.87. The lowest BCUT2D eigenvalue weighted by atomic mass is 9.85. The monoisotopic (exact) mass is 388 g/mol. The Bertz CT molecular complexity index is 892. The van der Waals surface area contributed by atoms with Crippen molar-refractivity contribution in [3.63, 3.8) is 0 Å². The molecule has 150 valence electrons. The maximum Gasteiger partial charge on any atom is 0.270 e. The second-order valence-electron chi connectivity index (χ2n) is 8.60. The van der Waals surface area contributed by atoms with E-state index in [4.69, 9.17) is 4.74 Å². The molecule has 0 fully saturated rings. The molecule has 0 aromatic heterocycles. The van der Waals surface area contributed by atoms with Crippen LogP contribution in [0.1, 0.15) is 56.4 Å². The number of Topliss-reactive ketones (excluding diaryl/α,β-unsaturated/α-hetero) is 1. The zero-order valence-corrected chi connectivity index (χ0v) is 16.7. The van der Waals surface area contributed by atoms with Crippen LogP contribution in [0.3, 0.4) is 0 Å². The molecule has 1 unspecified atom stereocenters. The molecule has 0 radical (unpaired) electrons. The third kappa shape index (κ3) is 4.34. The highest BCUT2D eigenvalue weighted by atomic mass is 19.3. The van der Waals surface area contributed by atoms with Crippen molar-refractivity contribution in [1.82, 2.24) is 0 Å². The molecule has 0 saturated carbocycles. The number of fused-ring (bicyclic) bond motifs is 1. The number of ether oxygens (including phenoxy) is 1. The molecule has 28 heavy (non-hydrogen) atoms. The molecule has 1 aliphatic rings. The van der Waals surface area contributed by atoms with Crippen LogP contribution < -0.4 is 4.74 Å². The summed E-state index contributed by atoms with van der Waals surface area (Å²) in [4.78, 5) is 12.7. The fourth-order valence-electron chi connectivity index (χ4n) is 3.51. The van der Waals surface area contributed by atoms with Gasteiger partial charge in [0.2, 0.25) is 0 Å². The predicted octanol–water partition coefficient (Wildman–Crippen LogP) is 5.31. The standard InChI is InChI=1S/C23H26F2O3/c1-22(2,3)17-9-5-14(11-18(17)26)12-19(27)20-10-7-15-6-8-16(23(4,24)25)13-21(15)28-20/h5-6,8-9,11,13,20,26H,7,10,12H2,1-4H3. The predicted molar refractivity (Wildman–Crippen MR) is 104 cm³/mol. The molecule has 1 atom stereocenters. The zero-order chi connectivity index (χ0) is 20.7. The molecule has 1 N–H and O–H groups in total. The Morgan fingerprint density at radius 2 is 1.86 bits per heavy atom. The SMILES string of the molecule is CC(C)(C)c1ccc(CC(=O)C2CCc3ccc(C(C)(F)F)cc3O2)cc1O. The van der Waals surface area contributed by atoms with E-state index in [0.717, 1.165) is 18.1 Å². The molecule has 5 heteroatoms. The van der Waals surface area contributed by atoms with Crippen molar-refractivity contribution in [3.05, 3.63) is 58.7 Å². The van der Waals surface area contributed by atoms with Crippen LogP contribution in [0.15, 0.2) is 36.4 Å². The Balaban J connectivity index is 1.74. The van der Waals surface area contributed by atoms with Crippen molar-refractivity contribution < 1.29 is 23.4 Å². The van der Waals surface area contributed by atoms with Crippen LogP contribution in [0.4, 0.5) is 8.78 Å². The van der Waals surface area contributed by atoms with E-state index in [-0.39, 0.29) is 28.9 Å². The molecule has 3 rings (SSSR count). The number of phenolic OH excluding ortho intramolecular Hbond substituents is 1. The minimum atomic E-state index is -2.96. The van der Waals surface area contributed by atoms with Crippen molar-refractivity contribution >= 4 is 5.78 Å². The zero-order valence-electron chi connectivity index (χ0n) is 16.7. The van der Waals surface area contributed by atoms with Gasteiger partial charge in [-0.15, -0.1) is 0 Å². The Morgan fingerprint density at radius 1 is 1.14 bits per heavy atom. The first-order valence-electron chi connectivity index (χ1n) is 9.48. The van der Waals surface area contributed by atoms with Gasteiger partial charge >= 0.3 is 0 Å². The Hall–Kier alpha value is -2.43. The smallest absolute Gasteiger partial charge is 0.270 e. The largest absolute Gasteiger partial charge is 0.508 e. The third-order valence-electron chi connectivity index (χ3n) is 5.13. The molecule has 3 nitrogen and oxygen atoms in total. The van der Waals surface area contributed by atoms with E-state index < -0.39 is 12.0 Å². The van der Waals surface area contributed by atoms with E-state index in [0.29, 0.717) is 24.2 Å². The number of carbonyl (C=O) groups excluding carboxylic acids is 1. The third-order valence-corrected chi connectivity index (χ3v) is 5.13. The van der Waals surface area contributed by atoms with E-state index in [1.54, 1.807) is 12.1 Å². The van der Waals surface area contributed by atoms with Crippen molar-refractivity contribution in [2.45, 2.75) is 64.4 Å². The molecule has 1 heterocycles. The van der Waals surface area contributed by atoms with Crippen molar-refractivity contribution in [2.75, 3.05) is 0 Å². The molecule has 2 aromatic carbocycles. The molecular weight excluding hydrogens is 362 g/mol. The number of ketones is 1. The van der Waals surface area contributed by atoms with Gasteiger partial charge in [-0.25, -0.2) is 8.78 Å². The topological polar surface area (TPSA) is 46.5 Å². The number of hydrogen-bond acceptors (Lipinski definition) is 3. The summed E-state index contributed by atoms with van der Waals surface area (Å²) in [5, 5.41) is 10.3. The highest BCUT2D eigenvalue weighted by Crippen LogP contribution is 2.35. The van der Waals surface area contributed by atoms with Gasteiger partial charge in [0.25, 0.3) is 5.92 Å². The number of rotatable bonds is 4. The molecule has 0 bridgehead atoms. The van der Waals surface area contributed by atoms with Gasteiger partial charge in [-0.3, -0.25) is 4.79 Å². The first-order valence-corrected chi connectivity index (χ1v) is 9.48. The molecule has 0 saturated heterocycles. The van der Waals surface area contributed by atoms with Gasteiger partial charge in [0, 0.05) is 18.9 Å². The minimum absolute atomic E-state index is 0.123. The number of aromatic hydroxyl groups is 1. The highest BCUT2D eigenvalue weighted by molar-refractivity contribution is 5.86. The maximum absolute atomic E-state index is 13.6. The molecule has 0 spiro atoms. The molecule has 2 aromatic rings. The average molecular weight is 388 g/mol. The number of halogens is 2. The lowest BCUT2D eigenvalue weighted by molar-refractivity contribution is -0.125. The van der Waals surface area contributed by atoms with Crippen LogP contribution in [-0.2, 0) is 29.0 Å². The van der Waals surface area contributed by atoms with Gasteiger partial charge in [-0.05, 0) is 47.1 Å². The average Bonchev–Trinajstić information content (AvgIpc) is 2.59. The quantitative estimate of drug-likeness (QED) is 0.772. The van der Waals surface area contributed by atoms with Crippen LogP contribution in [0, 0.1) is 0 Å². The van der Waals surface area contributed by atoms with Crippen LogP contribution in [-0.4, -0.2) is 17.0 Å². The molecular formula is C23H26F2O3. The maximum atomic E-state index is 13.6. The van der Waals surface area contributed by atoms with Crippen LogP contribution in [0.2, 0.25) is 0 Å². The van der Waals surface area contributed by atoms with Crippen LogP contribution >= 0.6 is 0 Å². The summed E-state index contributed by atoms with van der Waals surface area (Å²) in [6, 6.07) is 9.68. The lowest BCUT2D eigenvalue weighted by Gasteiger charge is -2.26. The summed E-state index contributed by atoms with van der Waals surface area (Å²) in [6.07, 6.45) is 0.578. The van der Waals surface area contributed by atoms with Crippen molar-refractivity contribution in [3.8, 4) is 11.5 Å². The minimum Gasteiger partial charge on any atom is -0.508 e. The normalized spacial score (nSPS) is 17.0. The van der Waals surface area contributed by atoms with Gasteiger partial charge in [0.1, 0.15) is 11.5 Å². The van der Waals surface area contributed by atoms with Crippen LogP contribution in [0.25, 0.3) is 0 Å². The number of hydrogen-bond donors (Lipinski definition) is 1. The van der Waals surface area contributed by atoms with E-state index in [1.807, 2.05) is 32.9 Å². The summed E-state index contributed by atoms with van der Waals surface area (Å²) < 4.78 is 32.9. The number of carbonyl (C=O) groups is 1.